The molecule has 0 bridgehead atoms. The molecule has 8 aromatic carbocycles. The zero-order valence-electron chi connectivity index (χ0n) is 35.9. The SMILES string of the molecule is C=C/C(=C\C=C/C)N(c1ccc(N(c2ccc(N(c3ccccc3)c3cccc(C)c3)cc2)c2ccc(N(c3ccccc3)c3cccc(C)c3)cc2)cc1)c1cccc(C)c1. The van der Waals surface area contributed by atoms with Gasteiger partial charge in [0.15, 0.2) is 0 Å². The van der Waals surface area contributed by atoms with Crippen molar-refractivity contribution in [2.24, 2.45) is 0 Å². The molecule has 0 heterocycles. The number of rotatable bonds is 14. The third-order valence-corrected chi connectivity index (χ3v) is 10.8. The summed E-state index contributed by atoms with van der Waals surface area (Å²) in [6.45, 7) is 12.6. The van der Waals surface area contributed by atoms with E-state index >= 15 is 0 Å². The Bertz CT molecular complexity index is 2660. The Labute approximate surface area is 367 Å². The Hall–Kier alpha value is -7.82. The highest BCUT2D eigenvalue weighted by molar-refractivity contribution is 5.84. The van der Waals surface area contributed by atoms with Gasteiger partial charge in [0.2, 0.25) is 0 Å². The van der Waals surface area contributed by atoms with Crippen molar-refractivity contribution in [2.75, 3.05) is 19.6 Å². The van der Waals surface area contributed by atoms with Gasteiger partial charge in [0.05, 0.1) is 0 Å². The summed E-state index contributed by atoms with van der Waals surface area (Å²) in [4.78, 5) is 9.21. The van der Waals surface area contributed by atoms with Crippen LogP contribution < -0.4 is 19.6 Å². The van der Waals surface area contributed by atoms with Gasteiger partial charge in [0.25, 0.3) is 0 Å². The van der Waals surface area contributed by atoms with Crippen LogP contribution in [0.1, 0.15) is 23.6 Å². The number of hydrogen-bond donors (Lipinski definition) is 0. The minimum atomic E-state index is 0.984. The van der Waals surface area contributed by atoms with E-state index in [1.54, 1.807) is 0 Å². The van der Waals surface area contributed by atoms with Gasteiger partial charge in [-0.05, 0) is 190 Å². The minimum Gasteiger partial charge on any atom is -0.311 e. The van der Waals surface area contributed by atoms with Crippen LogP contribution in [0.5, 0.6) is 0 Å². The fourth-order valence-corrected chi connectivity index (χ4v) is 7.93. The molecule has 4 nitrogen and oxygen atoms in total. The highest BCUT2D eigenvalue weighted by Gasteiger charge is 2.20. The number of para-hydroxylation sites is 2. The van der Waals surface area contributed by atoms with E-state index < -0.39 is 0 Å². The molecule has 0 saturated heterocycles. The molecule has 0 amide bonds. The highest BCUT2D eigenvalue weighted by Crippen LogP contribution is 2.42. The highest BCUT2D eigenvalue weighted by atomic mass is 15.2. The first kappa shape index (κ1) is 40.9. The largest absolute Gasteiger partial charge is 0.311 e. The summed E-state index contributed by atoms with van der Waals surface area (Å²) in [6.07, 6.45) is 8.11. The standard InChI is InChI=1S/C58H52N4/c1-6-8-21-47(7-2)59(56-26-15-18-44(3)41-56)50-29-31-51(32-30-50)60(52-33-37-54(38-34-52)61(48-22-11-9-12-23-48)57-27-16-19-45(4)42-57)53-35-39-55(40-36-53)62(49-24-13-10-14-25-49)58-28-17-20-46(5)43-58/h6-43H,2H2,1,3-5H3/b8-6-,47-21+. The summed E-state index contributed by atoms with van der Waals surface area (Å²) in [6, 6.07) is 73.6. The van der Waals surface area contributed by atoms with E-state index in [4.69, 9.17) is 0 Å². The first-order valence-corrected chi connectivity index (χ1v) is 21.2. The first-order valence-electron chi connectivity index (χ1n) is 21.2. The van der Waals surface area contributed by atoms with Gasteiger partial charge in [-0.2, -0.15) is 0 Å². The lowest BCUT2D eigenvalue weighted by Crippen LogP contribution is -2.16. The van der Waals surface area contributed by atoms with Gasteiger partial charge >= 0.3 is 0 Å². The maximum Gasteiger partial charge on any atom is 0.0464 e. The molecule has 0 atom stereocenters. The Balaban J connectivity index is 1.23. The van der Waals surface area contributed by atoms with E-state index in [1.165, 1.54) is 16.7 Å². The summed E-state index contributed by atoms with van der Waals surface area (Å²) in [5.74, 6) is 0. The average Bonchev–Trinajstić information content (AvgIpc) is 3.30. The maximum absolute atomic E-state index is 4.20. The molecule has 0 unspecified atom stereocenters. The van der Waals surface area contributed by atoms with E-state index in [-0.39, 0.29) is 0 Å². The third-order valence-electron chi connectivity index (χ3n) is 10.8. The normalized spacial score (nSPS) is 11.3. The topological polar surface area (TPSA) is 13.0 Å². The summed E-state index contributed by atoms with van der Waals surface area (Å²) in [5, 5.41) is 0. The van der Waals surface area contributed by atoms with Crippen molar-refractivity contribution in [3.63, 3.8) is 0 Å². The molecular formula is C58H52N4. The van der Waals surface area contributed by atoms with Gasteiger partial charge < -0.3 is 19.6 Å². The lowest BCUT2D eigenvalue weighted by Gasteiger charge is -2.30. The van der Waals surface area contributed by atoms with Crippen LogP contribution in [-0.4, -0.2) is 0 Å². The molecule has 0 aliphatic carbocycles. The molecule has 8 aromatic rings. The van der Waals surface area contributed by atoms with Crippen molar-refractivity contribution in [3.8, 4) is 0 Å². The van der Waals surface area contributed by atoms with E-state index in [2.05, 4.69) is 265 Å². The molecule has 304 valence electrons. The second-order valence-corrected chi connectivity index (χ2v) is 15.4. The van der Waals surface area contributed by atoms with Gasteiger partial charge in [-0.3, -0.25) is 0 Å². The molecule has 0 saturated carbocycles. The molecule has 0 fully saturated rings. The van der Waals surface area contributed by atoms with Crippen molar-refractivity contribution in [2.45, 2.75) is 27.7 Å². The van der Waals surface area contributed by atoms with Gasteiger partial charge in [0.1, 0.15) is 0 Å². The van der Waals surface area contributed by atoms with Crippen LogP contribution in [0.25, 0.3) is 0 Å². The smallest absolute Gasteiger partial charge is 0.0464 e. The Morgan fingerprint density at radius 3 is 1.02 bits per heavy atom. The Kier molecular flexibility index (Phi) is 12.6. The molecule has 0 aliphatic heterocycles. The number of aryl methyl sites for hydroxylation is 3. The predicted octanol–water partition coefficient (Wildman–Crippen LogP) is 16.8. The molecule has 62 heavy (non-hydrogen) atoms. The Morgan fingerprint density at radius 1 is 0.355 bits per heavy atom. The van der Waals surface area contributed by atoms with Crippen LogP contribution >= 0.6 is 0 Å². The first-order chi connectivity index (χ1) is 30.4. The molecule has 0 aromatic heterocycles. The molecule has 8 rings (SSSR count). The zero-order valence-corrected chi connectivity index (χ0v) is 35.9. The lowest BCUT2D eigenvalue weighted by molar-refractivity contribution is 1.20. The number of nitrogens with zero attached hydrogens (tertiary/aromatic N) is 4. The number of benzene rings is 8. The number of allylic oxidation sites excluding steroid dienone is 4. The quantitative estimate of drug-likeness (QED) is 0.102. The average molecular weight is 805 g/mol. The number of anilines is 11. The van der Waals surface area contributed by atoms with Crippen LogP contribution in [0.4, 0.5) is 62.6 Å². The lowest BCUT2D eigenvalue weighted by atomic mass is 10.1. The second kappa shape index (κ2) is 19.1. The zero-order chi connectivity index (χ0) is 42.8. The molecule has 4 heteroatoms. The van der Waals surface area contributed by atoms with Crippen molar-refractivity contribution in [1.29, 1.82) is 0 Å². The fraction of sp³-hybridized carbons (Fsp3) is 0.0690. The van der Waals surface area contributed by atoms with E-state index in [9.17, 15) is 0 Å². The monoisotopic (exact) mass is 804 g/mol. The van der Waals surface area contributed by atoms with Crippen LogP contribution in [0.15, 0.2) is 243 Å². The molecule has 0 radical (unpaired) electrons. The van der Waals surface area contributed by atoms with E-state index in [1.807, 2.05) is 19.1 Å². The molecule has 0 spiro atoms. The summed E-state index contributed by atoms with van der Waals surface area (Å²) in [5.41, 5.74) is 16.4. The van der Waals surface area contributed by atoms with Crippen molar-refractivity contribution >= 4 is 62.6 Å². The van der Waals surface area contributed by atoms with E-state index in [0.717, 1.165) is 68.3 Å². The third kappa shape index (κ3) is 9.16. The maximum atomic E-state index is 4.20. The second-order valence-electron chi connectivity index (χ2n) is 15.4. The number of hydrogen-bond acceptors (Lipinski definition) is 4. The van der Waals surface area contributed by atoms with Crippen LogP contribution in [-0.2, 0) is 0 Å². The van der Waals surface area contributed by atoms with Gasteiger partial charge in [-0.25, -0.2) is 0 Å². The fourth-order valence-electron chi connectivity index (χ4n) is 7.93. The van der Waals surface area contributed by atoms with Crippen LogP contribution in [0, 0.1) is 20.8 Å². The van der Waals surface area contributed by atoms with Crippen LogP contribution in [0.2, 0.25) is 0 Å². The molecule has 0 aliphatic rings. The van der Waals surface area contributed by atoms with Gasteiger partial charge in [-0.1, -0.05) is 91.5 Å². The minimum absolute atomic E-state index is 0.984. The molecular weight excluding hydrogens is 753 g/mol. The van der Waals surface area contributed by atoms with Gasteiger partial charge in [-0.15, -0.1) is 0 Å². The van der Waals surface area contributed by atoms with Gasteiger partial charge in [0, 0.05) is 68.3 Å². The van der Waals surface area contributed by atoms with Crippen molar-refractivity contribution in [1.82, 2.24) is 0 Å². The predicted molar refractivity (Wildman–Crippen MR) is 266 cm³/mol. The van der Waals surface area contributed by atoms with E-state index in [0.29, 0.717) is 0 Å². The van der Waals surface area contributed by atoms with Crippen molar-refractivity contribution in [3.05, 3.63) is 260 Å². The Morgan fingerprint density at radius 2 is 0.661 bits per heavy atom. The summed E-state index contributed by atoms with van der Waals surface area (Å²) < 4.78 is 0. The summed E-state index contributed by atoms with van der Waals surface area (Å²) in [7, 11) is 0. The van der Waals surface area contributed by atoms with Crippen LogP contribution in [0.3, 0.4) is 0 Å². The van der Waals surface area contributed by atoms with Crippen molar-refractivity contribution < 1.29 is 0 Å². The summed E-state index contributed by atoms with van der Waals surface area (Å²) >= 11 is 0. The molecule has 0 N–H and O–H groups in total.